The van der Waals surface area contributed by atoms with E-state index in [4.69, 9.17) is 0 Å². The van der Waals surface area contributed by atoms with Gasteiger partial charge in [-0.2, -0.15) is 0 Å². The maximum Gasteiger partial charge on any atom is 0.0739 e. The molecule has 108 valence electrons. The lowest BCUT2D eigenvalue weighted by Crippen LogP contribution is -2.90. The van der Waals surface area contributed by atoms with E-state index in [1.165, 1.54) is 16.7 Å². The molecule has 0 bridgehead atoms. The van der Waals surface area contributed by atoms with E-state index in [0.717, 1.165) is 0 Å². The Morgan fingerprint density at radius 1 is 0.818 bits per heavy atom. The maximum atomic E-state index is 3.77. The molecule has 2 N–H and O–H groups in total. The molecule has 1 aliphatic carbocycles. The number of hydrogen-bond acceptors (Lipinski definition) is 2. The average molecular weight is 286 g/mol. The first kappa shape index (κ1) is 12.4. The third-order valence-corrected chi connectivity index (χ3v) is 5.29. The molecule has 2 saturated heterocycles. The number of hydrogen-bond donors (Lipinski definition) is 2. The van der Waals surface area contributed by atoms with E-state index >= 15 is 0 Å². The second-order valence-corrected chi connectivity index (χ2v) is 6.41. The summed E-state index contributed by atoms with van der Waals surface area (Å²) in [6.07, 6.45) is 8.85. The van der Waals surface area contributed by atoms with Crippen LogP contribution >= 0.6 is 0 Å². The van der Waals surface area contributed by atoms with E-state index in [2.05, 4.69) is 89.5 Å². The highest BCUT2D eigenvalue weighted by molar-refractivity contribution is 5.63. The first-order valence-corrected chi connectivity index (χ1v) is 7.92. The Morgan fingerprint density at radius 3 is 2.32 bits per heavy atom. The minimum Gasteiger partial charge on any atom is -0.302 e. The van der Waals surface area contributed by atoms with Crippen molar-refractivity contribution in [2.75, 3.05) is 0 Å². The van der Waals surface area contributed by atoms with E-state index in [9.17, 15) is 0 Å². The summed E-state index contributed by atoms with van der Waals surface area (Å²) in [5.41, 5.74) is 4.08. The van der Waals surface area contributed by atoms with Crippen molar-refractivity contribution in [3.63, 3.8) is 0 Å². The van der Waals surface area contributed by atoms with Gasteiger partial charge in [-0.15, -0.1) is 0 Å². The predicted octanol–water partition coefficient (Wildman–Crippen LogP) is 3.20. The van der Waals surface area contributed by atoms with E-state index in [1.807, 2.05) is 0 Å². The van der Waals surface area contributed by atoms with Crippen molar-refractivity contribution in [1.82, 2.24) is 10.6 Å². The molecule has 1 spiro atoms. The molecule has 2 fully saturated rings. The molecule has 3 aliphatic rings. The topological polar surface area (TPSA) is 24.1 Å². The second kappa shape index (κ2) is 4.42. The minimum absolute atomic E-state index is 0.164. The van der Waals surface area contributed by atoms with Crippen molar-refractivity contribution in [3.05, 3.63) is 84.5 Å². The monoisotopic (exact) mass is 286 g/mol. The summed E-state index contributed by atoms with van der Waals surface area (Å²) in [6, 6.07) is 20.9. The smallest absolute Gasteiger partial charge is 0.0739 e. The Morgan fingerprint density at radius 2 is 1.59 bits per heavy atom. The van der Waals surface area contributed by atoms with Crippen molar-refractivity contribution < 1.29 is 0 Å². The fourth-order valence-electron chi connectivity index (χ4n) is 4.02. The van der Waals surface area contributed by atoms with Crippen molar-refractivity contribution in [2.24, 2.45) is 0 Å². The van der Waals surface area contributed by atoms with Crippen LogP contribution in [-0.4, -0.2) is 17.6 Å². The molecule has 0 amide bonds. The first-order valence-electron chi connectivity index (χ1n) is 7.92. The van der Waals surface area contributed by atoms with Gasteiger partial charge in [-0.05, 0) is 16.7 Å². The van der Waals surface area contributed by atoms with Gasteiger partial charge in [0, 0.05) is 6.04 Å². The van der Waals surface area contributed by atoms with Crippen molar-refractivity contribution in [1.29, 1.82) is 0 Å². The number of piperazine rings is 1. The molecule has 0 radical (unpaired) electrons. The Bertz CT molecular complexity index is 760. The van der Waals surface area contributed by atoms with Gasteiger partial charge in [0.15, 0.2) is 0 Å². The van der Waals surface area contributed by atoms with Gasteiger partial charge in [-0.25, -0.2) is 0 Å². The molecule has 0 saturated carbocycles. The van der Waals surface area contributed by atoms with Crippen LogP contribution in [0.4, 0.5) is 0 Å². The number of benzene rings is 2. The van der Waals surface area contributed by atoms with Gasteiger partial charge in [0.2, 0.25) is 0 Å². The molecule has 2 heteroatoms. The lowest BCUT2D eigenvalue weighted by Gasteiger charge is -2.68. The summed E-state index contributed by atoms with van der Waals surface area (Å²) in [5, 5.41) is 7.44. The Balaban J connectivity index is 1.38. The average Bonchev–Trinajstić information content (AvgIpc) is 2.59. The van der Waals surface area contributed by atoms with Crippen LogP contribution in [0.25, 0.3) is 11.1 Å². The zero-order valence-electron chi connectivity index (χ0n) is 12.2. The van der Waals surface area contributed by atoms with Crippen LogP contribution in [0.3, 0.4) is 0 Å². The molecular formula is C20H18N2. The Labute approximate surface area is 130 Å². The zero-order valence-corrected chi connectivity index (χ0v) is 12.2. The molecule has 4 atom stereocenters. The maximum absolute atomic E-state index is 3.77. The van der Waals surface area contributed by atoms with E-state index in [0.29, 0.717) is 18.1 Å². The lowest BCUT2D eigenvalue weighted by atomic mass is 9.61. The minimum atomic E-state index is 0.164. The second-order valence-electron chi connectivity index (χ2n) is 6.41. The quantitative estimate of drug-likeness (QED) is 0.886. The summed E-state index contributed by atoms with van der Waals surface area (Å²) in [6.45, 7) is 0. The van der Waals surface area contributed by atoms with Crippen LogP contribution in [0, 0.1) is 0 Å². The molecular weight excluding hydrogens is 268 g/mol. The Kier molecular flexibility index (Phi) is 2.49. The summed E-state index contributed by atoms with van der Waals surface area (Å²) in [7, 11) is 0. The molecule has 2 aromatic carbocycles. The molecule has 5 rings (SSSR count). The molecule has 2 heterocycles. The van der Waals surface area contributed by atoms with Crippen LogP contribution in [0.1, 0.15) is 11.6 Å². The van der Waals surface area contributed by atoms with Crippen molar-refractivity contribution >= 4 is 0 Å². The third kappa shape index (κ3) is 1.57. The highest BCUT2D eigenvalue weighted by Gasteiger charge is 2.64. The predicted molar refractivity (Wildman–Crippen MR) is 89.5 cm³/mol. The summed E-state index contributed by atoms with van der Waals surface area (Å²) in [5.74, 6) is 0. The van der Waals surface area contributed by atoms with Crippen LogP contribution in [0.5, 0.6) is 0 Å². The van der Waals surface area contributed by atoms with Gasteiger partial charge in [-0.3, -0.25) is 5.32 Å². The molecule has 2 aliphatic heterocycles. The Hall–Kier alpha value is -2.16. The van der Waals surface area contributed by atoms with Crippen LogP contribution < -0.4 is 10.6 Å². The molecule has 22 heavy (non-hydrogen) atoms. The fourth-order valence-corrected chi connectivity index (χ4v) is 4.02. The van der Waals surface area contributed by atoms with Crippen LogP contribution in [-0.2, 0) is 0 Å². The van der Waals surface area contributed by atoms with Gasteiger partial charge in [0.05, 0.1) is 17.6 Å². The van der Waals surface area contributed by atoms with Crippen molar-refractivity contribution in [2.45, 2.75) is 23.7 Å². The SMILES string of the molecule is C1=CC2NC3C(c4ccc(-c5ccccc5)cc4)N[C@]23C=C1. The van der Waals surface area contributed by atoms with Crippen molar-refractivity contribution in [3.8, 4) is 11.1 Å². The molecule has 2 nitrogen and oxygen atoms in total. The van der Waals surface area contributed by atoms with Gasteiger partial charge in [0.1, 0.15) is 0 Å². The number of nitrogens with one attached hydrogen (secondary N) is 2. The standard InChI is InChI=1S/C20H18N2/c1-2-6-14(7-3-1)15-9-11-16(12-10-15)18-19-20(22-18)13-5-4-8-17(20)21-19/h1-13,17-19,21-22H/t17?,18?,19?,20-/m1/s1. The zero-order chi connectivity index (χ0) is 14.6. The highest BCUT2D eigenvalue weighted by Crippen LogP contribution is 2.47. The number of allylic oxidation sites excluding steroid dienone is 2. The first-order chi connectivity index (χ1) is 10.9. The lowest BCUT2D eigenvalue weighted by molar-refractivity contribution is -0.00689. The largest absolute Gasteiger partial charge is 0.302 e. The van der Waals surface area contributed by atoms with Crippen LogP contribution in [0.15, 0.2) is 78.9 Å². The van der Waals surface area contributed by atoms with Crippen LogP contribution in [0.2, 0.25) is 0 Å². The molecule has 3 unspecified atom stereocenters. The molecule has 0 aromatic heterocycles. The third-order valence-electron chi connectivity index (χ3n) is 5.29. The molecule has 2 aromatic rings. The summed E-state index contributed by atoms with van der Waals surface area (Å²) >= 11 is 0. The highest BCUT2D eigenvalue weighted by atomic mass is 15.3. The summed E-state index contributed by atoms with van der Waals surface area (Å²) in [4.78, 5) is 0. The van der Waals surface area contributed by atoms with Gasteiger partial charge in [0.25, 0.3) is 0 Å². The van der Waals surface area contributed by atoms with Gasteiger partial charge in [-0.1, -0.05) is 78.9 Å². The van der Waals surface area contributed by atoms with E-state index in [1.54, 1.807) is 0 Å². The van der Waals surface area contributed by atoms with Gasteiger partial charge >= 0.3 is 0 Å². The fraction of sp³-hybridized carbons (Fsp3) is 0.200. The summed E-state index contributed by atoms with van der Waals surface area (Å²) < 4.78 is 0. The van der Waals surface area contributed by atoms with E-state index < -0.39 is 0 Å². The normalized spacial score (nSPS) is 34.3. The number of rotatable bonds is 2. The van der Waals surface area contributed by atoms with Gasteiger partial charge < -0.3 is 5.32 Å². The van der Waals surface area contributed by atoms with E-state index in [-0.39, 0.29) is 5.54 Å².